The molecule has 0 spiro atoms. The minimum atomic E-state index is -0.159. The van der Waals surface area contributed by atoms with Crippen LogP contribution < -0.4 is 20.5 Å². The normalized spacial score (nSPS) is 11.2. The van der Waals surface area contributed by atoms with Crippen molar-refractivity contribution in [1.82, 2.24) is 5.32 Å². The summed E-state index contributed by atoms with van der Waals surface area (Å²) in [6.45, 7) is 4.99. The highest BCUT2D eigenvalue weighted by Gasteiger charge is 2.12. The summed E-state index contributed by atoms with van der Waals surface area (Å²) in [7, 11) is 0. The van der Waals surface area contributed by atoms with Crippen molar-refractivity contribution < 1.29 is 14.3 Å². The first-order valence-corrected chi connectivity index (χ1v) is 7.55. The third-order valence-corrected chi connectivity index (χ3v) is 3.06. The highest BCUT2D eigenvalue weighted by atomic mass is 35.5. The molecule has 0 aliphatic carbocycles. The molecule has 1 aromatic rings. The fraction of sp³-hybridized carbons (Fsp3) is 0.562. The van der Waals surface area contributed by atoms with Gasteiger partial charge in [-0.2, -0.15) is 0 Å². The number of halogens is 1. The fourth-order valence-corrected chi connectivity index (χ4v) is 1.96. The van der Waals surface area contributed by atoms with E-state index in [2.05, 4.69) is 12.2 Å². The van der Waals surface area contributed by atoms with E-state index in [-0.39, 0.29) is 31.0 Å². The monoisotopic (exact) mass is 330 g/mol. The molecule has 0 radical (unpaired) electrons. The Balaban J connectivity index is 0.00000441. The van der Waals surface area contributed by atoms with Gasteiger partial charge in [-0.1, -0.05) is 31.9 Å². The van der Waals surface area contributed by atoms with Gasteiger partial charge in [-0.05, 0) is 25.5 Å². The first-order valence-electron chi connectivity index (χ1n) is 7.55. The number of rotatable bonds is 10. The average Bonchev–Trinajstić information content (AvgIpc) is 2.50. The Morgan fingerprint density at radius 2 is 1.86 bits per heavy atom. The number of hydrogen-bond donors (Lipinski definition) is 2. The number of carbonyl (C=O) groups excluding carboxylic acids is 1. The number of benzene rings is 1. The number of para-hydroxylation sites is 2. The number of nitrogens with two attached hydrogens (primary N) is 1. The minimum Gasteiger partial charge on any atom is -0.490 e. The van der Waals surface area contributed by atoms with Gasteiger partial charge in [0.25, 0.3) is 5.91 Å². The quantitative estimate of drug-likeness (QED) is 0.691. The van der Waals surface area contributed by atoms with Crippen molar-refractivity contribution >= 4 is 18.3 Å². The zero-order valence-corrected chi connectivity index (χ0v) is 14.2. The van der Waals surface area contributed by atoms with Gasteiger partial charge in [-0.3, -0.25) is 4.79 Å². The number of ether oxygens (including phenoxy) is 2. The van der Waals surface area contributed by atoms with E-state index in [1.807, 2.05) is 25.1 Å². The Morgan fingerprint density at radius 3 is 2.41 bits per heavy atom. The maximum Gasteiger partial charge on any atom is 0.258 e. The molecule has 126 valence electrons. The standard InChI is InChI=1S/C16H26N2O3.ClH/c1-3-5-8-13(11-17)18-16(19)12-21-15-10-7-6-9-14(15)20-4-2;/h6-7,9-10,13H,3-5,8,11-12,17H2,1-2H3,(H,18,19);1H. The van der Waals surface area contributed by atoms with Gasteiger partial charge in [0.15, 0.2) is 18.1 Å². The zero-order valence-electron chi connectivity index (χ0n) is 13.3. The number of hydrogen-bond acceptors (Lipinski definition) is 4. The molecule has 0 aromatic heterocycles. The number of amides is 1. The van der Waals surface area contributed by atoms with Gasteiger partial charge < -0.3 is 20.5 Å². The van der Waals surface area contributed by atoms with E-state index in [1.54, 1.807) is 6.07 Å². The predicted octanol–water partition coefficient (Wildman–Crippen LogP) is 2.52. The Kier molecular flexibility index (Phi) is 11.3. The van der Waals surface area contributed by atoms with Crippen molar-refractivity contribution in [3.8, 4) is 11.5 Å². The molecule has 3 N–H and O–H groups in total. The summed E-state index contributed by atoms with van der Waals surface area (Å²) < 4.78 is 11.0. The summed E-state index contributed by atoms with van der Waals surface area (Å²) in [6, 6.07) is 7.34. The van der Waals surface area contributed by atoms with Crippen molar-refractivity contribution in [2.24, 2.45) is 5.73 Å². The molecule has 0 aliphatic rings. The third kappa shape index (κ3) is 7.52. The summed E-state index contributed by atoms with van der Waals surface area (Å²) in [6.07, 6.45) is 3.04. The van der Waals surface area contributed by atoms with Crippen molar-refractivity contribution in [1.29, 1.82) is 0 Å². The molecule has 0 aliphatic heterocycles. The molecule has 1 amide bonds. The van der Waals surface area contributed by atoms with E-state index in [9.17, 15) is 4.79 Å². The maximum atomic E-state index is 11.9. The van der Waals surface area contributed by atoms with Crippen LogP contribution in [0.1, 0.15) is 33.1 Å². The first kappa shape index (κ1) is 20.5. The van der Waals surface area contributed by atoms with Crippen molar-refractivity contribution in [3.05, 3.63) is 24.3 Å². The number of unbranched alkanes of at least 4 members (excludes halogenated alkanes) is 1. The van der Waals surface area contributed by atoms with Crippen LogP contribution in [0.5, 0.6) is 11.5 Å². The molecule has 0 bridgehead atoms. The van der Waals surface area contributed by atoms with Crippen LogP contribution in [0.25, 0.3) is 0 Å². The van der Waals surface area contributed by atoms with Crippen LogP contribution in [0, 0.1) is 0 Å². The van der Waals surface area contributed by atoms with Gasteiger partial charge in [-0.25, -0.2) is 0 Å². The molecule has 1 rings (SSSR count). The average molecular weight is 331 g/mol. The highest BCUT2D eigenvalue weighted by molar-refractivity contribution is 5.85. The molecule has 6 heteroatoms. The first-order chi connectivity index (χ1) is 10.2. The topological polar surface area (TPSA) is 73.6 Å². The van der Waals surface area contributed by atoms with Gasteiger partial charge in [0.2, 0.25) is 0 Å². The van der Waals surface area contributed by atoms with Crippen molar-refractivity contribution in [2.75, 3.05) is 19.8 Å². The fourth-order valence-electron chi connectivity index (χ4n) is 1.96. The number of nitrogens with one attached hydrogen (secondary N) is 1. The van der Waals surface area contributed by atoms with Crippen LogP contribution >= 0.6 is 12.4 Å². The summed E-state index contributed by atoms with van der Waals surface area (Å²) in [5.41, 5.74) is 5.66. The number of carbonyl (C=O) groups is 1. The Morgan fingerprint density at radius 1 is 1.23 bits per heavy atom. The molecule has 22 heavy (non-hydrogen) atoms. The Labute approximate surface area is 139 Å². The summed E-state index contributed by atoms with van der Waals surface area (Å²) in [5, 5.41) is 2.89. The van der Waals surface area contributed by atoms with Crippen LogP contribution in [0.15, 0.2) is 24.3 Å². The van der Waals surface area contributed by atoms with Crippen molar-refractivity contribution in [3.63, 3.8) is 0 Å². The lowest BCUT2D eigenvalue weighted by Crippen LogP contribution is -2.42. The van der Waals surface area contributed by atoms with E-state index in [0.717, 1.165) is 19.3 Å². The lowest BCUT2D eigenvalue weighted by molar-refractivity contribution is -0.123. The molecule has 0 saturated heterocycles. The molecule has 0 fully saturated rings. The zero-order chi connectivity index (χ0) is 15.5. The van der Waals surface area contributed by atoms with Gasteiger partial charge in [0.1, 0.15) is 0 Å². The maximum absolute atomic E-state index is 11.9. The van der Waals surface area contributed by atoms with E-state index in [0.29, 0.717) is 24.7 Å². The second-order valence-corrected chi connectivity index (χ2v) is 4.81. The van der Waals surface area contributed by atoms with Gasteiger partial charge in [0, 0.05) is 12.6 Å². The van der Waals surface area contributed by atoms with Crippen LogP contribution in [0.4, 0.5) is 0 Å². The molecular weight excluding hydrogens is 304 g/mol. The Bertz CT molecular complexity index is 430. The predicted molar refractivity (Wildman–Crippen MR) is 90.9 cm³/mol. The van der Waals surface area contributed by atoms with E-state index in [1.165, 1.54) is 0 Å². The molecule has 0 heterocycles. The van der Waals surface area contributed by atoms with Crippen LogP contribution in [-0.2, 0) is 4.79 Å². The minimum absolute atomic E-state index is 0. The molecule has 1 unspecified atom stereocenters. The Hall–Kier alpha value is -1.46. The van der Waals surface area contributed by atoms with Crippen LogP contribution in [0.3, 0.4) is 0 Å². The molecule has 5 nitrogen and oxygen atoms in total. The molecule has 1 aromatic carbocycles. The SMILES string of the molecule is CCCCC(CN)NC(=O)COc1ccccc1OCC.Cl. The summed E-state index contributed by atoms with van der Waals surface area (Å²) in [5.74, 6) is 1.06. The van der Waals surface area contributed by atoms with E-state index >= 15 is 0 Å². The summed E-state index contributed by atoms with van der Waals surface area (Å²) >= 11 is 0. The van der Waals surface area contributed by atoms with Gasteiger partial charge in [-0.15, -0.1) is 12.4 Å². The third-order valence-electron chi connectivity index (χ3n) is 3.06. The smallest absolute Gasteiger partial charge is 0.258 e. The highest BCUT2D eigenvalue weighted by Crippen LogP contribution is 2.26. The lowest BCUT2D eigenvalue weighted by atomic mass is 10.1. The second-order valence-electron chi connectivity index (χ2n) is 4.81. The van der Waals surface area contributed by atoms with Crippen LogP contribution in [0.2, 0.25) is 0 Å². The largest absolute Gasteiger partial charge is 0.490 e. The van der Waals surface area contributed by atoms with Gasteiger partial charge in [0.05, 0.1) is 6.61 Å². The lowest BCUT2D eigenvalue weighted by Gasteiger charge is -2.17. The van der Waals surface area contributed by atoms with E-state index in [4.69, 9.17) is 15.2 Å². The summed E-state index contributed by atoms with van der Waals surface area (Å²) in [4.78, 5) is 11.9. The van der Waals surface area contributed by atoms with E-state index < -0.39 is 0 Å². The molecule has 1 atom stereocenters. The molecular formula is C16H27ClN2O3. The second kappa shape index (κ2) is 12.1. The molecule has 0 saturated carbocycles. The van der Waals surface area contributed by atoms with Crippen molar-refractivity contribution in [2.45, 2.75) is 39.2 Å². The van der Waals surface area contributed by atoms with Gasteiger partial charge >= 0.3 is 0 Å². The van der Waals surface area contributed by atoms with Crippen LogP contribution in [-0.4, -0.2) is 31.7 Å².